The number of aromatic nitrogens is 4. The average molecular weight is 950 g/mol. The van der Waals surface area contributed by atoms with Crippen molar-refractivity contribution in [3.63, 3.8) is 0 Å². The summed E-state index contributed by atoms with van der Waals surface area (Å²) < 4.78 is 75.0. The number of imidazole rings is 1. The highest BCUT2D eigenvalue weighted by molar-refractivity contribution is 8.13. The predicted octanol–water partition coefficient (Wildman–Crippen LogP) is -0.529. The van der Waals surface area contributed by atoms with Crippen LogP contribution in [0.3, 0.4) is 0 Å². The van der Waals surface area contributed by atoms with Crippen LogP contribution in [0.25, 0.3) is 11.2 Å². The number of nitrogens with two attached hydrogens (primary N) is 1. The van der Waals surface area contributed by atoms with E-state index in [0.717, 1.165) is 54.7 Å². The molecule has 7 unspecified atom stereocenters. The van der Waals surface area contributed by atoms with Gasteiger partial charge in [0.05, 0.1) is 33.3 Å². The number of anilines is 1. The topological polar surface area (TPSA) is 375 Å². The van der Waals surface area contributed by atoms with Crippen LogP contribution in [0.1, 0.15) is 78.9 Å². The van der Waals surface area contributed by atoms with Crippen LogP contribution in [-0.2, 0) is 50.7 Å². The second kappa shape index (κ2) is 23.4. The number of phosphoric ester groups is 3. The summed E-state index contributed by atoms with van der Waals surface area (Å²) in [6.07, 6.45) is -3.85. The van der Waals surface area contributed by atoms with Crippen LogP contribution in [0.4, 0.5) is 10.2 Å². The minimum atomic E-state index is -5.93. The minimum Gasteiger partial charge on any atom is -0.790 e. The number of phosphoric acid groups is 3. The number of thioether (sulfide) groups is 1. The number of carbonyl (C=O) groups excluding carboxylic acids is 3. The maximum Gasteiger partial charge on any atom is 0.274 e. The van der Waals surface area contributed by atoms with Gasteiger partial charge >= 0.3 is 0 Å². The van der Waals surface area contributed by atoms with Gasteiger partial charge in [0.1, 0.15) is 42.4 Å². The van der Waals surface area contributed by atoms with Gasteiger partial charge in [0.25, 0.3) is 15.6 Å². The lowest BCUT2D eigenvalue weighted by atomic mass is 9.87. The van der Waals surface area contributed by atoms with E-state index in [2.05, 4.69) is 50.4 Å². The van der Waals surface area contributed by atoms with Gasteiger partial charge in [0.2, 0.25) is 11.8 Å². The van der Waals surface area contributed by atoms with Crippen molar-refractivity contribution in [2.24, 2.45) is 11.3 Å². The zero-order chi connectivity index (χ0) is 45.8. The Morgan fingerprint density at radius 2 is 1.72 bits per heavy atom. The zero-order valence-corrected chi connectivity index (χ0v) is 37.2. The SMILES string of the molecule is CCCCCCC[C@@H](F)[C@H](C)C(=O)SCCNC(=O)CCNC(=O)C(O)C(C)(C)COP(=O)([O-])OP(=O)([O-])OCC1OC(n2cnc3c(N)ncnc32)C(O)C1OP(=O)([O-])[O-]. The number of ether oxygens (including phenoxy) is 1. The minimum absolute atomic E-state index is 0.0276. The van der Waals surface area contributed by atoms with Crippen molar-refractivity contribution in [2.45, 2.75) is 109 Å². The van der Waals surface area contributed by atoms with E-state index in [9.17, 15) is 62.3 Å². The second-order valence-corrected chi connectivity index (χ2v) is 19.8. The molecule has 6 N–H and O–H groups in total. The maximum absolute atomic E-state index is 14.4. The van der Waals surface area contributed by atoms with Gasteiger partial charge in [-0.3, -0.25) is 28.1 Å². The lowest BCUT2D eigenvalue weighted by molar-refractivity contribution is -0.347. The number of alkyl halides is 1. The van der Waals surface area contributed by atoms with E-state index in [-0.39, 0.29) is 47.4 Å². The number of unbranched alkanes of at least 4 members (excludes halogenated alkanes) is 4. The first-order valence-electron chi connectivity index (χ1n) is 19.0. The molecular weight excluding hydrogens is 898 g/mol. The Bertz CT molecular complexity index is 1930. The number of nitrogen functional groups attached to an aromatic ring is 1. The van der Waals surface area contributed by atoms with Crippen LogP contribution >= 0.6 is 35.2 Å². The molecular formula is C32H51FN7O17P3S-4. The molecule has 348 valence electrons. The molecule has 1 aliphatic rings. The summed E-state index contributed by atoms with van der Waals surface area (Å²) in [6, 6.07) is 0. The quantitative estimate of drug-likeness (QED) is 0.0555. The number of carbonyl (C=O) groups is 3. The summed E-state index contributed by atoms with van der Waals surface area (Å²) in [5, 5.41) is 25.9. The Balaban J connectivity index is 1.43. The molecule has 24 nitrogen and oxygen atoms in total. The fraction of sp³-hybridized carbons (Fsp3) is 0.750. The molecule has 29 heteroatoms. The predicted molar refractivity (Wildman–Crippen MR) is 206 cm³/mol. The molecule has 3 rings (SSSR count). The summed E-state index contributed by atoms with van der Waals surface area (Å²) in [5.41, 5.74) is 4.03. The first-order chi connectivity index (χ1) is 28.4. The van der Waals surface area contributed by atoms with Gasteiger partial charge in [0.15, 0.2) is 22.8 Å². The zero-order valence-electron chi connectivity index (χ0n) is 33.7. The Labute approximate surface area is 354 Å². The fourth-order valence-corrected chi connectivity index (χ4v) is 9.28. The smallest absolute Gasteiger partial charge is 0.274 e. The van der Waals surface area contributed by atoms with Gasteiger partial charge in [-0.15, -0.1) is 0 Å². The molecule has 0 bridgehead atoms. The molecule has 0 spiro atoms. The van der Waals surface area contributed by atoms with Gasteiger partial charge in [-0.25, -0.2) is 23.7 Å². The van der Waals surface area contributed by atoms with Crippen molar-refractivity contribution in [3.05, 3.63) is 12.7 Å². The normalized spacial score (nSPS) is 22.0. The molecule has 1 fully saturated rings. The van der Waals surface area contributed by atoms with E-state index in [0.29, 0.717) is 12.8 Å². The molecule has 0 aliphatic carbocycles. The van der Waals surface area contributed by atoms with Crippen LogP contribution in [0, 0.1) is 11.3 Å². The van der Waals surface area contributed by atoms with Crippen LogP contribution in [0.2, 0.25) is 0 Å². The molecule has 3 heterocycles. The van der Waals surface area contributed by atoms with Crippen LogP contribution in [-0.4, -0.2) is 109 Å². The molecule has 9 atom stereocenters. The number of aliphatic hydroxyl groups excluding tert-OH is 2. The van der Waals surface area contributed by atoms with E-state index in [1.165, 1.54) is 20.8 Å². The Morgan fingerprint density at radius 1 is 1.05 bits per heavy atom. The molecule has 2 aromatic rings. The maximum atomic E-state index is 14.4. The third-order valence-electron chi connectivity index (χ3n) is 9.22. The highest BCUT2D eigenvalue weighted by Gasteiger charge is 2.47. The van der Waals surface area contributed by atoms with Gasteiger partial charge in [0, 0.05) is 30.7 Å². The third-order valence-corrected chi connectivity index (χ3v) is 13.3. The first kappa shape index (κ1) is 52.8. The Morgan fingerprint density at radius 3 is 2.39 bits per heavy atom. The summed E-state index contributed by atoms with van der Waals surface area (Å²) in [6.45, 7) is 3.51. The number of hydrogen-bond donors (Lipinski definition) is 5. The van der Waals surface area contributed by atoms with E-state index < -0.39 is 96.6 Å². The van der Waals surface area contributed by atoms with Crippen molar-refractivity contribution >= 4 is 69.1 Å². The summed E-state index contributed by atoms with van der Waals surface area (Å²) in [7, 11) is -17.6. The molecule has 1 aliphatic heterocycles. The van der Waals surface area contributed by atoms with E-state index >= 15 is 0 Å². The first-order valence-corrected chi connectivity index (χ1v) is 24.4. The standard InChI is InChI=1S/C32H55FN7O17P3S/c1-5-6-7-8-9-10-20(33)19(2)31(45)61-14-13-35-22(41)11-12-36-29(44)26(43)32(3,4)16-54-60(51,52)57-59(49,50)53-15-21-25(56-58(46,47)48)24(42)30(55-21)40-18-39-23-27(34)37-17-38-28(23)40/h17-21,24-26,30,42-43H,5-16H2,1-4H3,(H,35,41)(H,36,44)(H,49,50)(H,51,52)(H2,34,37,38)(H2,46,47,48)/p-4/t19-,20+,21?,24?,25?,26?,30?/m0/s1. The van der Waals surface area contributed by atoms with Gasteiger partial charge in [-0.1, -0.05) is 71.6 Å². The van der Waals surface area contributed by atoms with E-state index in [1.807, 2.05) is 0 Å². The van der Waals surface area contributed by atoms with Crippen molar-refractivity contribution in [1.82, 2.24) is 30.2 Å². The Kier molecular flexibility index (Phi) is 20.3. The number of fused-ring (bicyclic) bond motifs is 1. The number of hydrogen-bond acceptors (Lipinski definition) is 22. The van der Waals surface area contributed by atoms with E-state index in [4.69, 9.17) is 10.5 Å². The van der Waals surface area contributed by atoms with Crippen LogP contribution in [0.15, 0.2) is 12.7 Å². The highest BCUT2D eigenvalue weighted by Crippen LogP contribution is 2.56. The van der Waals surface area contributed by atoms with Crippen molar-refractivity contribution in [2.75, 3.05) is 37.8 Å². The molecule has 0 aromatic carbocycles. The molecule has 0 radical (unpaired) electrons. The van der Waals surface area contributed by atoms with E-state index in [1.54, 1.807) is 0 Å². The number of rotatable bonds is 27. The molecule has 1 saturated heterocycles. The summed E-state index contributed by atoms with van der Waals surface area (Å²) in [5.74, 6) is -2.23. The molecule has 0 saturated carbocycles. The summed E-state index contributed by atoms with van der Waals surface area (Å²) in [4.78, 5) is 96.7. The molecule has 2 aromatic heterocycles. The van der Waals surface area contributed by atoms with Crippen molar-refractivity contribution in [3.8, 4) is 0 Å². The lowest BCUT2D eigenvalue weighted by Gasteiger charge is -2.36. The number of aliphatic hydroxyl groups is 2. The third kappa shape index (κ3) is 16.9. The number of amides is 2. The Hall–Kier alpha value is -2.51. The van der Waals surface area contributed by atoms with Gasteiger partial charge < -0.3 is 69.0 Å². The molecule has 2 amide bonds. The lowest BCUT2D eigenvalue weighted by Crippen LogP contribution is -2.46. The number of halogens is 1. The summed E-state index contributed by atoms with van der Waals surface area (Å²) >= 11 is 0.902. The van der Waals surface area contributed by atoms with Crippen molar-refractivity contribution < 1.29 is 84.9 Å². The monoisotopic (exact) mass is 949 g/mol. The largest absolute Gasteiger partial charge is 0.790 e. The second-order valence-electron chi connectivity index (χ2n) is 14.7. The van der Waals surface area contributed by atoms with Gasteiger partial charge in [-0.2, -0.15) is 0 Å². The highest BCUT2D eigenvalue weighted by atomic mass is 32.2. The number of nitrogens with zero attached hydrogens (tertiary/aromatic N) is 4. The van der Waals surface area contributed by atoms with Gasteiger partial charge in [-0.05, 0) is 6.42 Å². The average Bonchev–Trinajstić information content (AvgIpc) is 3.73. The number of nitrogens with one attached hydrogen (secondary N) is 2. The van der Waals surface area contributed by atoms with Crippen molar-refractivity contribution in [1.29, 1.82) is 0 Å². The molecule has 61 heavy (non-hydrogen) atoms. The van der Waals surface area contributed by atoms with Crippen LogP contribution in [0.5, 0.6) is 0 Å². The fourth-order valence-electron chi connectivity index (χ4n) is 5.73. The van der Waals surface area contributed by atoms with Crippen LogP contribution < -0.4 is 35.9 Å².